The van der Waals surface area contributed by atoms with E-state index in [0.29, 0.717) is 0 Å². The van der Waals surface area contributed by atoms with E-state index in [-0.39, 0.29) is 11.9 Å². The first-order valence-corrected chi connectivity index (χ1v) is 7.26. The Labute approximate surface area is 118 Å². The largest absolute Gasteiger partial charge is 0.313 e. The summed E-state index contributed by atoms with van der Waals surface area (Å²) < 4.78 is 14.7. The molecule has 0 aromatic heterocycles. The normalized spacial score (nSPS) is 13.0. The number of hydrogen-bond donors (Lipinski definition) is 1. The third-order valence-corrected chi connectivity index (χ3v) is 3.80. The first-order valence-electron chi connectivity index (χ1n) is 6.46. The molecule has 1 rings (SSSR count). The summed E-state index contributed by atoms with van der Waals surface area (Å²) in [7, 11) is 1.88. The van der Waals surface area contributed by atoms with Crippen LogP contribution in [0.25, 0.3) is 0 Å². The highest BCUT2D eigenvalue weighted by Crippen LogP contribution is 2.24. The molecule has 1 N–H and O–H groups in total. The van der Waals surface area contributed by atoms with E-state index in [1.165, 1.54) is 6.07 Å². The lowest BCUT2D eigenvalue weighted by Gasteiger charge is -2.23. The molecule has 0 spiro atoms. The molecule has 18 heavy (non-hydrogen) atoms. The van der Waals surface area contributed by atoms with Crippen molar-refractivity contribution in [2.45, 2.75) is 26.3 Å². The number of benzene rings is 1. The van der Waals surface area contributed by atoms with Crippen molar-refractivity contribution in [3.05, 3.63) is 34.1 Å². The fraction of sp³-hybridized carbons (Fsp3) is 0.571. The highest BCUT2D eigenvalue weighted by molar-refractivity contribution is 9.10. The average Bonchev–Trinajstić information content (AvgIpc) is 2.38. The van der Waals surface area contributed by atoms with Gasteiger partial charge in [0.25, 0.3) is 0 Å². The van der Waals surface area contributed by atoms with Crippen LogP contribution in [0.5, 0.6) is 0 Å². The van der Waals surface area contributed by atoms with E-state index in [1.807, 2.05) is 13.1 Å². The average molecular weight is 317 g/mol. The Bertz CT molecular complexity index is 367. The third kappa shape index (κ3) is 4.34. The van der Waals surface area contributed by atoms with Crippen LogP contribution in [0.2, 0.25) is 0 Å². The van der Waals surface area contributed by atoms with Crippen LogP contribution in [0.4, 0.5) is 4.39 Å². The second kappa shape index (κ2) is 7.87. The SMILES string of the molecule is CCN(CC)CCC(NC)c1cc(Br)ccc1F. The van der Waals surface area contributed by atoms with Gasteiger partial charge in [0.15, 0.2) is 0 Å². The molecule has 0 saturated heterocycles. The molecule has 0 aliphatic heterocycles. The summed E-state index contributed by atoms with van der Waals surface area (Å²) in [4.78, 5) is 2.35. The summed E-state index contributed by atoms with van der Waals surface area (Å²) in [6.45, 7) is 7.35. The van der Waals surface area contributed by atoms with E-state index in [9.17, 15) is 4.39 Å². The summed E-state index contributed by atoms with van der Waals surface area (Å²) in [5, 5.41) is 3.20. The molecule has 0 aliphatic carbocycles. The van der Waals surface area contributed by atoms with E-state index >= 15 is 0 Å². The van der Waals surface area contributed by atoms with Gasteiger partial charge in [0.2, 0.25) is 0 Å². The van der Waals surface area contributed by atoms with Crippen molar-refractivity contribution in [2.24, 2.45) is 0 Å². The summed E-state index contributed by atoms with van der Waals surface area (Å²) in [6.07, 6.45) is 0.908. The molecule has 0 saturated carbocycles. The highest BCUT2D eigenvalue weighted by Gasteiger charge is 2.15. The zero-order chi connectivity index (χ0) is 13.5. The molecular formula is C14H22BrFN2. The minimum atomic E-state index is -0.142. The lowest BCUT2D eigenvalue weighted by molar-refractivity contribution is 0.283. The number of rotatable bonds is 7. The minimum absolute atomic E-state index is 0.0584. The molecule has 1 atom stereocenters. The molecule has 4 heteroatoms. The van der Waals surface area contributed by atoms with Crippen LogP contribution >= 0.6 is 15.9 Å². The first-order chi connectivity index (χ1) is 8.62. The van der Waals surface area contributed by atoms with Gasteiger partial charge in [-0.1, -0.05) is 29.8 Å². The predicted molar refractivity (Wildman–Crippen MR) is 78.3 cm³/mol. The molecule has 0 heterocycles. The maximum atomic E-state index is 13.8. The topological polar surface area (TPSA) is 15.3 Å². The maximum absolute atomic E-state index is 13.8. The van der Waals surface area contributed by atoms with Crippen LogP contribution in [0, 0.1) is 5.82 Å². The fourth-order valence-electron chi connectivity index (χ4n) is 2.09. The van der Waals surface area contributed by atoms with Crippen LogP contribution < -0.4 is 5.32 Å². The Morgan fingerprint density at radius 1 is 1.33 bits per heavy atom. The van der Waals surface area contributed by atoms with E-state index in [4.69, 9.17) is 0 Å². The molecule has 0 amide bonds. The van der Waals surface area contributed by atoms with Crippen molar-refractivity contribution >= 4 is 15.9 Å². The molecule has 0 radical (unpaired) electrons. The van der Waals surface area contributed by atoms with Crippen LogP contribution in [0.1, 0.15) is 31.9 Å². The molecule has 2 nitrogen and oxygen atoms in total. The van der Waals surface area contributed by atoms with Gasteiger partial charge in [-0.25, -0.2) is 4.39 Å². The first kappa shape index (κ1) is 15.6. The van der Waals surface area contributed by atoms with E-state index in [2.05, 4.69) is 40.0 Å². The van der Waals surface area contributed by atoms with Gasteiger partial charge in [0, 0.05) is 16.1 Å². The Morgan fingerprint density at radius 2 is 2.00 bits per heavy atom. The van der Waals surface area contributed by atoms with Gasteiger partial charge in [-0.05, 0) is 51.3 Å². The Kier molecular flexibility index (Phi) is 6.82. The Hall–Kier alpha value is -0.450. The standard InChI is InChI=1S/C14H22BrFN2/c1-4-18(5-2)9-8-14(17-3)12-10-11(15)6-7-13(12)16/h6-7,10,14,17H,4-5,8-9H2,1-3H3. The van der Waals surface area contributed by atoms with Gasteiger partial charge in [0.05, 0.1) is 0 Å². The summed E-state index contributed by atoms with van der Waals surface area (Å²) in [5.74, 6) is -0.142. The van der Waals surface area contributed by atoms with Gasteiger partial charge >= 0.3 is 0 Å². The molecule has 1 aromatic rings. The van der Waals surface area contributed by atoms with Crippen molar-refractivity contribution < 1.29 is 4.39 Å². The predicted octanol–water partition coefficient (Wildman–Crippen LogP) is 3.58. The maximum Gasteiger partial charge on any atom is 0.128 e. The van der Waals surface area contributed by atoms with Crippen LogP contribution in [-0.2, 0) is 0 Å². The Balaban J connectivity index is 2.73. The van der Waals surface area contributed by atoms with E-state index in [0.717, 1.165) is 36.1 Å². The lowest BCUT2D eigenvalue weighted by atomic mass is 10.0. The number of halogens is 2. The van der Waals surface area contributed by atoms with Gasteiger partial charge in [-0.2, -0.15) is 0 Å². The summed E-state index contributed by atoms with van der Waals surface area (Å²) in [6, 6.07) is 5.17. The third-order valence-electron chi connectivity index (χ3n) is 3.31. The zero-order valence-corrected chi connectivity index (χ0v) is 12.9. The molecule has 102 valence electrons. The van der Waals surface area contributed by atoms with E-state index in [1.54, 1.807) is 6.07 Å². The van der Waals surface area contributed by atoms with Crippen molar-refractivity contribution in [1.29, 1.82) is 0 Å². The molecule has 1 unspecified atom stereocenters. The highest BCUT2D eigenvalue weighted by atomic mass is 79.9. The van der Waals surface area contributed by atoms with Gasteiger partial charge in [-0.15, -0.1) is 0 Å². The smallest absolute Gasteiger partial charge is 0.128 e. The van der Waals surface area contributed by atoms with Crippen molar-refractivity contribution in [3.63, 3.8) is 0 Å². The van der Waals surface area contributed by atoms with Crippen LogP contribution in [0.3, 0.4) is 0 Å². The molecule has 0 aliphatic rings. The second-order valence-electron chi connectivity index (χ2n) is 4.32. The van der Waals surface area contributed by atoms with Crippen molar-refractivity contribution in [1.82, 2.24) is 10.2 Å². The quantitative estimate of drug-likeness (QED) is 0.827. The van der Waals surface area contributed by atoms with E-state index < -0.39 is 0 Å². The van der Waals surface area contributed by atoms with Gasteiger partial charge < -0.3 is 10.2 Å². The zero-order valence-electron chi connectivity index (χ0n) is 11.3. The number of hydrogen-bond acceptors (Lipinski definition) is 2. The number of nitrogens with zero attached hydrogens (tertiary/aromatic N) is 1. The monoisotopic (exact) mass is 316 g/mol. The molecular weight excluding hydrogens is 295 g/mol. The second-order valence-corrected chi connectivity index (χ2v) is 5.24. The van der Waals surface area contributed by atoms with Gasteiger partial charge in [0.1, 0.15) is 5.82 Å². The lowest BCUT2D eigenvalue weighted by Crippen LogP contribution is -2.28. The number of nitrogens with one attached hydrogen (secondary N) is 1. The fourth-order valence-corrected chi connectivity index (χ4v) is 2.47. The molecule has 1 aromatic carbocycles. The van der Waals surface area contributed by atoms with Gasteiger partial charge in [-0.3, -0.25) is 0 Å². The minimum Gasteiger partial charge on any atom is -0.313 e. The van der Waals surface area contributed by atoms with Crippen LogP contribution in [0.15, 0.2) is 22.7 Å². The van der Waals surface area contributed by atoms with Crippen molar-refractivity contribution in [3.8, 4) is 0 Å². The summed E-state index contributed by atoms with van der Waals surface area (Å²) >= 11 is 3.40. The Morgan fingerprint density at radius 3 is 2.56 bits per heavy atom. The van der Waals surface area contributed by atoms with Crippen molar-refractivity contribution in [2.75, 3.05) is 26.7 Å². The van der Waals surface area contributed by atoms with Crippen LogP contribution in [-0.4, -0.2) is 31.6 Å². The molecule has 0 bridgehead atoms. The summed E-state index contributed by atoms with van der Waals surface area (Å²) in [5.41, 5.74) is 0.735. The molecule has 0 fully saturated rings.